The molecule has 164 valence electrons. The minimum absolute atomic E-state index is 0.128. The van der Waals surface area contributed by atoms with E-state index < -0.39 is 0 Å². The van der Waals surface area contributed by atoms with Crippen molar-refractivity contribution in [3.63, 3.8) is 0 Å². The van der Waals surface area contributed by atoms with Crippen LogP contribution in [0.3, 0.4) is 0 Å². The molecule has 0 fully saturated rings. The van der Waals surface area contributed by atoms with E-state index in [1.807, 2.05) is 19.9 Å². The van der Waals surface area contributed by atoms with Crippen LogP contribution in [0, 0.1) is 33.5 Å². The molecule has 0 saturated heterocycles. The molecule has 6 heteroatoms. The number of thiophene rings is 1. The van der Waals surface area contributed by atoms with Gasteiger partial charge in [-0.15, -0.1) is 11.3 Å². The Kier molecular flexibility index (Phi) is 5.82. The molecule has 4 nitrogen and oxygen atoms in total. The monoisotopic (exact) mass is 448 g/mol. The number of hydrogen-bond acceptors (Lipinski definition) is 4. The summed E-state index contributed by atoms with van der Waals surface area (Å²) in [6, 6.07) is 10.4. The van der Waals surface area contributed by atoms with E-state index in [0.29, 0.717) is 33.6 Å². The Bertz CT molecular complexity index is 1430. The van der Waals surface area contributed by atoms with Crippen molar-refractivity contribution in [2.24, 2.45) is 0 Å². The fourth-order valence-corrected chi connectivity index (χ4v) is 5.02. The van der Waals surface area contributed by atoms with Crippen molar-refractivity contribution in [3.05, 3.63) is 85.5 Å². The van der Waals surface area contributed by atoms with Crippen molar-refractivity contribution in [1.82, 2.24) is 9.55 Å². The Hall–Kier alpha value is -3.12. The summed E-state index contributed by atoms with van der Waals surface area (Å²) in [6.07, 6.45) is 0.525. The number of aromatic nitrogens is 2. The van der Waals surface area contributed by atoms with E-state index in [9.17, 15) is 14.0 Å². The third-order valence-corrected chi connectivity index (χ3v) is 6.96. The average molecular weight is 449 g/mol. The molecule has 4 aromatic rings. The number of Topliss-reactive ketones (excluding diaryl/α,β-unsaturated/α-hetero) is 1. The zero-order valence-electron chi connectivity index (χ0n) is 18.9. The van der Waals surface area contributed by atoms with E-state index >= 15 is 0 Å². The first kappa shape index (κ1) is 22.1. The second-order valence-corrected chi connectivity index (χ2v) is 9.38. The van der Waals surface area contributed by atoms with Crippen molar-refractivity contribution in [3.8, 4) is 11.1 Å². The molecular weight excluding hydrogens is 423 g/mol. The van der Waals surface area contributed by atoms with Gasteiger partial charge in [0.25, 0.3) is 5.56 Å². The Morgan fingerprint density at radius 2 is 1.78 bits per heavy atom. The highest BCUT2D eigenvalue weighted by Crippen LogP contribution is 2.36. The van der Waals surface area contributed by atoms with Gasteiger partial charge in [-0.3, -0.25) is 14.2 Å². The van der Waals surface area contributed by atoms with Crippen LogP contribution in [0.25, 0.3) is 21.3 Å². The normalized spacial score (nSPS) is 11.3. The largest absolute Gasteiger partial charge is 0.292 e. The van der Waals surface area contributed by atoms with Crippen molar-refractivity contribution >= 4 is 27.3 Å². The minimum atomic E-state index is -0.358. The molecule has 0 radical (unpaired) electrons. The number of carbonyl (C=O) groups is 1. The van der Waals surface area contributed by atoms with Gasteiger partial charge in [0.2, 0.25) is 0 Å². The van der Waals surface area contributed by atoms with Crippen LogP contribution < -0.4 is 5.56 Å². The fraction of sp³-hybridized carbons (Fsp3) is 0.269. The summed E-state index contributed by atoms with van der Waals surface area (Å²) in [5.74, 6) is -0.0314. The molecule has 2 aromatic carbocycles. The van der Waals surface area contributed by atoms with Crippen LogP contribution in [0.2, 0.25) is 0 Å². The van der Waals surface area contributed by atoms with Gasteiger partial charge < -0.3 is 0 Å². The number of ketones is 1. The summed E-state index contributed by atoms with van der Waals surface area (Å²) in [4.78, 5) is 33.1. The summed E-state index contributed by atoms with van der Waals surface area (Å²) in [5.41, 5.74) is 4.78. The number of benzene rings is 2. The Labute approximate surface area is 190 Å². The molecule has 0 aliphatic rings. The minimum Gasteiger partial charge on any atom is -0.292 e. The molecule has 2 aromatic heterocycles. The molecule has 0 N–H and O–H groups in total. The predicted octanol–water partition coefficient (Wildman–Crippen LogP) is 5.94. The predicted molar refractivity (Wildman–Crippen MR) is 128 cm³/mol. The second kappa shape index (κ2) is 8.43. The van der Waals surface area contributed by atoms with Crippen LogP contribution in [0.4, 0.5) is 4.39 Å². The lowest BCUT2D eigenvalue weighted by Gasteiger charge is -2.12. The SMILES string of the molecule is CCc1nc2sc(C)c(-c3ccc(C)c(C)c3)c2c(=O)n1CC(=O)c1ccc(F)c(C)c1. The summed E-state index contributed by atoms with van der Waals surface area (Å²) < 4.78 is 15.1. The highest BCUT2D eigenvalue weighted by molar-refractivity contribution is 7.19. The van der Waals surface area contributed by atoms with Gasteiger partial charge in [0.15, 0.2) is 5.78 Å². The Morgan fingerprint density at radius 3 is 2.44 bits per heavy atom. The smallest absolute Gasteiger partial charge is 0.263 e. The highest BCUT2D eigenvalue weighted by atomic mass is 32.1. The molecule has 0 saturated carbocycles. The number of carbonyl (C=O) groups excluding carboxylic acids is 1. The van der Waals surface area contributed by atoms with Crippen LogP contribution in [0.1, 0.15) is 44.7 Å². The number of rotatable bonds is 5. The molecule has 0 aliphatic heterocycles. The molecule has 32 heavy (non-hydrogen) atoms. The van der Waals surface area contributed by atoms with Crippen LogP contribution in [0.15, 0.2) is 41.2 Å². The first-order valence-corrected chi connectivity index (χ1v) is 11.4. The molecule has 2 heterocycles. The number of aryl methyl sites for hydroxylation is 5. The fourth-order valence-electron chi connectivity index (χ4n) is 3.97. The lowest BCUT2D eigenvalue weighted by Crippen LogP contribution is -2.28. The van der Waals surface area contributed by atoms with Gasteiger partial charge in [-0.1, -0.05) is 25.1 Å². The zero-order valence-corrected chi connectivity index (χ0v) is 19.7. The van der Waals surface area contributed by atoms with Crippen molar-refractivity contribution in [1.29, 1.82) is 0 Å². The summed E-state index contributed by atoms with van der Waals surface area (Å²) in [6.45, 7) is 9.52. The van der Waals surface area contributed by atoms with E-state index in [1.54, 1.807) is 6.92 Å². The van der Waals surface area contributed by atoms with Gasteiger partial charge in [0, 0.05) is 22.4 Å². The lowest BCUT2D eigenvalue weighted by atomic mass is 9.99. The molecule has 0 bridgehead atoms. The van der Waals surface area contributed by atoms with Crippen molar-refractivity contribution in [2.45, 2.75) is 47.6 Å². The van der Waals surface area contributed by atoms with E-state index in [2.05, 4.69) is 26.0 Å². The highest BCUT2D eigenvalue weighted by Gasteiger charge is 2.21. The molecule has 0 atom stereocenters. The number of hydrogen-bond donors (Lipinski definition) is 0. The number of nitrogens with zero attached hydrogens (tertiary/aromatic N) is 2. The third kappa shape index (κ3) is 3.79. The van der Waals surface area contributed by atoms with E-state index in [-0.39, 0.29) is 23.7 Å². The van der Waals surface area contributed by atoms with Gasteiger partial charge >= 0.3 is 0 Å². The lowest BCUT2D eigenvalue weighted by molar-refractivity contribution is 0.0969. The van der Waals surface area contributed by atoms with E-state index in [0.717, 1.165) is 21.6 Å². The average Bonchev–Trinajstić information content (AvgIpc) is 3.09. The quantitative estimate of drug-likeness (QED) is 0.355. The topological polar surface area (TPSA) is 52.0 Å². The Balaban J connectivity index is 1.88. The zero-order chi connectivity index (χ0) is 23.2. The third-order valence-electron chi connectivity index (χ3n) is 5.96. The van der Waals surface area contributed by atoms with Gasteiger partial charge in [-0.25, -0.2) is 9.37 Å². The maximum atomic E-state index is 13.7. The van der Waals surface area contributed by atoms with Crippen molar-refractivity contribution in [2.75, 3.05) is 0 Å². The van der Waals surface area contributed by atoms with Crippen LogP contribution in [-0.2, 0) is 13.0 Å². The van der Waals surface area contributed by atoms with Crippen molar-refractivity contribution < 1.29 is 9.18 Å². The van der Waals surface area contributed by atoms with Crippen LogP contribution in [-0.4, -0.2) is 15.3 Å². The molecule has 0 unspecified atom stereocenters. The maximum Gasteiger partial charge on any atom is 0.263 e. The van der Waals surface area contributed by atoms with Gasteiger partial charge in [0.05, 0.1) is 11.9 Å². The number of fused-ring (bicyclic) bond motifs is 1. The molecule has 0 spiro atoms. The summed E-state index contributed by atoms with van der Waals surface area (Å²) in [7, 11) is 0. The molecular formula is C26H25FN2O2S. The first-order chi connectivity index (χ1) is 15.2. The van der Waals surface area contributed by atoms with E-state index in [4.69, 9.17) is 4.98 Å². The summed E-state index contributed by atoms with van der Waals surface area (Å²) >= 11 is 1.50. The van der Waals surface area contributed by atoms with Gasteiger partial charge in [-0.05, 0) is 68.1 Å². The molecule has 4 rings (SSSR count). The van der Waals surface area contributed by atoms with Gasteiger partial charge in [-0.2, -0.15) is 0 Å². The maximum absolute atomic E-state index is 13.7. The molecule has 0 aliphatic carbocycles. The van der Waals surface area contributed by atoms with E-state index in [1.165, 1.54) is 39.7 Å². The number of halogens is 1. The van der Waals surface area contributed by atoms with Crippen LogP contribution in [0.5, 0.6) is 0 Å². The molecule has 0 amide bonds. The Morgan fingerprint density at radius 1 is 1.03 bits per heavy atom. The second-order valence-electron chi connectivity index (χ2n) is 8.17. The summed E-state index contributed by atoms with van der Waals surface area (Å²) in [5, 5.41) is 0.552. The first-order valence-electron chi connectivity index (χ1n) is 10.6. The standard InChI is InChI=1S/C26H25FN2O2S/c1-6-22-28-25-24(23(17(5)32-25)19-8-7-14(2)15(3)11-19)26(31)29(22)13-21(30)18-9-10-20(27)16(4)12-18/h7-12H,6,13H2,1-5H3. The van der Waals surface area contributed by atoms with Crippen LogP contribution >= 0.6 is 11.3 Å². The van der Waals surface area contributed by atoms with Gasteiger partial charge in [0.1, 0.15) is 16.5 Å².